The second-order valence-electron chi connectivity index (χ2n) is 13.2. The van der Waals surface area contributed by atoms with Crippen molar-refractivity contribution >= 4 is 23.7 Å². The summed E-state index contributed by atoms with van der Waals surface area (Å²) in [6.07, 6.45) is -12.6. The number of aromatic hydroxyl groups is 2. The molecule has 0 spiro atoms. The van der Waals surface area contributed by atoms with Crippen molar-refractivity contribution < 1.29 is 83.8 Å². The first kappa shape index (κ1) is 42.1. The zero-order valence-corrected chi connectivity index (χ0v) is 29.3. The lowest BCUT2D eigenvalue weighted by atomic mass is 9.94. The predicted octanol–water partition coefficient (Wildman–Crippen LogP) is -4.59. The van der Waals surface area contributed by atoms with Gasteiger partial charge in [-0.15, -0.1) is 4.73 Å². The summed E-state index contributed by atoms with van der Waals surface area (Å²) in [6.45, 7) is 2.23. The molecular formula is C32H50N4O17. The van der Waals surface area contributed by atoms with Crippen LogP contribution in [0, 0.1) is 11.8 Å². The zero-order valence-electron chi connectivity index (χ0n) is 29.3. The van der Waals surface area contributed by atoms with Crippen LogP contribution in [0.1, 0.15) is 39.5 Å². The fraction of sp³-hybridized carbons (Fsp3) is 0.750. The number of ether oxygens (including phenoxy) is 4. The highest BCUT2D eigenvalue weighted by Crippen LogP contribution is 2.27. The molecule has 3 fully saturated rings. The van der Waals surface area contributed by atoms with Crippen molar-refractivity contribution in [3.63, 3.8) is 0 Å². The number of aliphatic hydroxyl groups is 6. The molecule has 0 radical (unpaired) electrons. The molecule has 0 aromatic carbocycles. The number of hydrogen-bond acceptors (Lipinski definition) is 17. The average molecular weight is 763 g/mol. The molecule has 3 aliphatic rings. The molecule has 1 aromatic heterocycles. The number of likely N-dealkylation sites (tertiary alicyclic amines) is 1. The second-order valence-corrected chi connectivity index (χ2v) is 13.2. The lowest BCUT2D eigenvalue weighted by Crippen LogP contribution is -2.57. The van der Waals surface area contributed by atoms with E-state index in [1.807, 2.05) is 0 Å². The molecule has 53 heavy (non-hydrogen) atoms. The normalized spacial score (nSPS) is 33.0. The maximum atomic E-state index is 13.3. The maximum absolute atomic E-state index is 13.3. The first-order valence-corrected chi connectivity index (χ1v) is 17.4. The summed E-state index contributed by atoms with van der Waals surface area (Å²) in [6, 6.07) is 2.27. The molecule has 4 heterocycles. The molecule has 3 amide bonds. The number of nitrogens with zero attached hydrogens (tertiary/aromatic N) is 2. The van der Waals surface area contributed by atoms with Crippen LogP contribution in [0.25, 0.3) is 0 Å². The third-order valence-corrected chi connectivity index (χ3v) is 9.34. The molecule has 300 valence electrons. The molecule has 3 aliphatic heterocycles. The summed E-state index contributed by atoms with van der Waals surface area (Å²) >= 11 is 0. The maximum Gasteiger partial charge on any atom is 0.333 e. The Labute approximate surface area is 303 Å². The van der Waals surface area contributed by atoms with Gasteiger partial charge in [0.05, 0.1) is 37.3 Å². The van der Waals surface area contributed by atoms with Crippen molar-refractivity contribution in [1.82, 2.24) is 20.3 Å². The highest BCUT2D eigenvalue weighted by atomic mass is 16.7. The van der Waals surface area contributed by atoms with Crippen molar-refractivity contribution in [1.29, 1.82) is 0 Å². The minimum absolute atomic E-state index is 0.0248. The summed E-state index contributed by atoms with van der Waals surface area (Å²) in [4.78, 5) is 58.1. The Morgan fingerprint density at radius 3 is 1.58 bits per heavy atom. The van der Waals surface area contributed by atoms with Gasteiger partial charge in [0.1, 0.15) is 36.6 Å². The van der Waals surface area contributed by atoms with E-state index in [1.165, 1.54) is 18.7 Å². The molecule has 10 N–H and O–H groups in total. The first-order chi connectivity index (χ1) is 25.1. The highest BCUT2D eigenvalue weighted by Gasteiger charge is 2.45. The van der Waals surface area contributed by atoms with E-state index in [2.05, 4.69) is 10.6 Å². The first-order valence-electron chi connectivity index (χ1n) is 17.4. The lowest BCUT2D eigenvalue weighted by molar-refractivity contribution is -0.292. The van der Waals surface area contributed by atoms with Gasteiger partial charge in [0.15, 0.2) is 12.6 Å². The topological polar surface area (TPSA) is 308 Å². The van der Waals surface area contributed by atoms with Crippen molar-refractivity contribution in [3.8, 4) is 11.8 Å². The summed E-state index contributed by atoms with van der Waals surface area (Å²) in [5.41, 5.74) is 0. The van der Waals surface area contributed by atoms with Crippen LogP contribution in [-0.2, 0) is 38.1 Å². The van der Waals surface area contributed by atoms with Gasteiger partial charge in [-0.25, -0.2) is 4.79 Å². The smallest absolute Gasteiger partial charge is 0.333 e. The van der Waals surface area contributed by atoms with Gasteiger partial charge in [-0.1, -0.05) is 0 Å². The van der Waals surface area contributed by atoms with Gasteiger partial charge in [-0.05, 0) is 26.7 Å². The molecule has 21 nitrogen and oxygen atoms in total. The van der Waals surface area contributed by atoms with Crippen LogP contribution < -0.4 is 15.5 Å². The molecular weight excluding hydrogens is 712 g/mol. The number of aromatic nitrogens is 1. The Balaban J connectivity index is 1.28. The molecule has 3 saturated heterocycles. The fourth-order valence-electron chi connectivity index (χ4n) is 6.15. The lowest BCUT2D eigenvalue weighted by Gasteiger charge is -2.38. The van der Waals surface area contributed by atoms with Crippen LogP contribution in [0.5, 0.6) is 11.8 Å². The van der Waals surface area contributed by atoms with Gasteiger partial charge < -0.3 is 80.2 Å². The van der Waals surface area contributed by atoms with Crippen LogP contribution in [0.15, 0.2) is 12.1 Å². The number of aliphatic hydroxyl groups excluding tert-OH is 6. The molecule has 1 aromatic rings. The number of unbranched alkanes of at least 4 members (excludes halogenated alkanes) is 1. The average Bonchev–Trinajstić information content (AvgIpc) is 3.72. The number of nitrogens with one attached hydrogen (secondary N) is 2. The predicted molar refractivity (Wildman–Crippen MR) is 174 cm³/mol. The van der Waals surface area contributed by atoms with Gasteiger partial charge in [0, 0.05) is 51.2 Å². The number of carbonyl (C=O) groups is 4. The second kappa shape index (κ2) is 19.1. The van der Waals surface area contributed by atoms with Crippen LogP contribution in [0.4, 0.5) is 0 Å². The molecule has 21 heteroatoms. The van der Waals surface area contributed by atoms with Crippen molar-refractivity contribution in [2.24, 2.45) is 11.8 Å². The van der Waals surface area contributed by atoms with E-state index >= 15 is 0 Å². The summed E-state index contributed by atoms with van der Waals surface area (Å²) in [7, 11) is 0. The Morgan fingerprint density at radius 2 is 1.13 bits per heavy atom. The number of hydrogen-bond donors (Lipinski definition) is 10. The van der Waals surface area contributed by atoms with Gasteiger partial charge >= 0.3 is 5.97 Å². The minimum Gasteiger partial charge on any atom is -0.492 e. The monoisotopic (exact) mass is 762 g/mol. The number of rotatable bonds is 16. The van der Waals surface area contributed by atoms with Gasteiger partial charge in [-0.3, -0.25) is 14.4 Å². The molecule has 0 saturated carbocycles. The van der Waals surface area contributed by atoms with E-state index in [-0.39, 0.29) is 71.0 Å². The highest BCUT2D eigenvalue weighted by molar-refractivity contribution is 5.90. The summed E-state index contributed by atoms with van der Waals surface area (Å²) in [5, 5.41) is 84.5. The summed E-state index contributed by atoms with van der Waals surface area (Å²) < 4.78 is 22.2. The minimum atomic E-state index is -1.54. The van der Waals surface area contributed by atoms with Gasteiger partial charge in [-0.2, -0.15) is 0 Å². The zero-order chi connectivity index (χ0) is 39.0. The number of amides is 3. The number of carbonyl (C=O) groups excluding carboxylic acids is 4. The van der Waals surface area contributed by atoms with E-state index in [0.717, 1.165) is 12.1 Å². The SMILES string of the molecule is C[C@@H]1O[C@@H](OCCNC(=O)[C@H]2CN(C(=O)CCCCC(=O)On3c(O)ccc3O)C[C@H]2C(=O)NCCO[C@@H]2O[C@@H](C)[C@@H](O)[C@@H](O)[C@@H]2O)[C@@H](O)[C@H](O)[C@@H]1O. The Bertz CT molecular complexity index is 1320. The Kier molecular flexibility index (Phi) is 15.2. The largest absolute Gasteiger partial charge is 0.492 e. The van der Waals surface area contributed by atoms with Crippen molar-refractivity contribution in [3.05, 3.63) is 12.1 Å². The molecule has 0 bridgehead atoms. The van der Waals surface area contributed by atoms with Crippen molar-refractivity contribution in [2.45, 2.75) is 101 Å². The van der Waals surface area contributed by atoms with Crippen molar-refractivity contribution in [2.75, 3.05) is 39.4 Å². The van der Waals surface area contributed by atoms with Crippen LogP contribution >= 0.6 is 0 Å². The Morgan fingerprint density at radius 1 is 0.698 bits per heavy atom. The third-order valence-electron chi connectivity index (χ3n) is 9.34. The molecule has 0 unspecified atom stereocenters. The van der Waals surface area contributed by atoms with Gasteiger partial charge in [0.25, 0.3) is 0 Å². The van der Waals surface area contributed by atoms with E-state index in [0.29, 0.717) is 4.73 Å². The van der Waals surface area contributed by atoms with E-state index < -0.39 is 103 Å². The van der Waals surface area contributed by atoms with Crippen LogP contribution in [-0.4, -0.2) is 175 Å². The standard InChI is InChI=1S/C32H50N4O17/c1-15-23(41)25(43)27(45)31(51-15)49-11-9-33-29(47)17-13-35(19(37)5-3-4-6-22(40)53-36-20(38)7-8-21(36)39)14-18(17)30(48)34-10-12-50-32-28(46)26(44)24(42)16(2)52-32/h7-8,15-18,23-28,31-32,38-39,41-46H,3-6,9-14H2,1-2H3,(H,33,47)(H,34,48)/t15-,16-,17-,18+,23+,24+,25+,26+,27-,28-,31+,32+/m0/s1. The molecule has 12 atom stereocenters. The third kappa shape index (κ3) is 10.7. The van der Waals surface area contributed by atoms with E-state index in [1.54, 1.807) is 0 Å². The quantitative estimate of drug-likeness (QED) is 0.0709. The summed E-state index contributed by atoms with van der Waals surface area (Å²) in [5.74, 6) is -5.23. The van der Waals surface area contributed by atoms with Crippen LogP contribution in [0.3, 0.4) is 0 Å². The fourth-order valence-corrected chi connectivity index (χ4v) is 6.15. The van der Waals surface area contributed by atoms with E-state index in [4.69, 9.17) is 23.8 Å². The molecule has 0 aliphatic carbocycles. The molecule has 4 rings (SSSR count). The van der Waals surface area contributed by atoms with Gasteiger partial charge in [0.2, 0.25) is 29.5 Å². The Hall–Kier alpha value is -3.64. The van der Waals surface area contributed by atoms with E-state index in [9.17, 15) is 60.0 Å². The van der Waals surface area contributed by atoms with Crippen LogP contribution in [0.2, 0.25) is 0 Å².